The van der Waals surface area contributed by atoms with Crippen LogP contribution in [0.1, 0.15) is 0 Å². The van der Waals surface area contributed by atoms with Crippen molar-refractivity contribution in [3.8, 4) is 0 Å². The lowest BCUT2D eigenvalue weighted by molar-refractivity contribution is -0.794. The molecule has 0 fully saturated rings. The maximum absolute atomic E-state index is 10.5. The maximum atomic E-state index is 10.5. The monoisotopic (exact) mass is 270 g/mol. The summed E-state index contributed by atoms with van der Waals surface area (Å²) in [6, 6.07) is 0. The van der Waals surface area contributed by atoms with Crippen molar-refractivity contribution in [2.75, 3.05) is 13.2 Å². The van der Waals surface area contributed by atoms with E-state index < -0.39 is 39.1 Å². The Hall–Kier alpha value is -2.02. The molecular weight excluding hydrogens is 266 g/mol. The molecule has 13 nitrogen and oxygen atoms in total. The van der Waals surface area contributed by atoms with Gasteiger partial charge in [-0.25, -0.2) is 8.42 Å². The van der Waals surface area contributed by atoms with Crippen molar-refractivity contribution in [1.82, 2.24) is 0 Å². The van der Waals surface area contributed by atoms with Crippen molar-refractivity contribution in [2.24, 2.45) is 5.11 Å². The Balaban J connectivity index is 5.25. The van der Waals surface area contributed by atoms with Gasteiger partial charge in [-0.3, -0.25) is 24.4 Å². The molecule has 0 saturated carbocycles. The SMILES string of the molecule is [N-]=[N+]=NCC(COS(=O)(=O)[O-])([N+](=O)[O-])[N+](=O)[O-]. The van der Waals surface area contributed by atoms with Crippen LogP contribution in [0.4, 0.5) is 0 Å². The maximum Gasteiger partial charge on any atom is 0.488 e. The van der Waals surface area contributed by atoms with E-state index >= 15 is 0 Å². The summed E-state index contributed by atoms with van der Waals surface area (Å²) in [5.41, 5.74) is 4.70. The van der Waals surface area contributed by atoms with E-state index in [1.807, 2.05) is 0 Å². The molecule has 0 rings (SSSR count). The normalized spacial score (nSPS) is 11.6. The molecule has 0 amide bonds. The Morgan fingerprint density at radius 3 is 2.12 bits per heavy atom. The molecule has 0 aliphatic carbocycles. The summed E-state index contributed by atoms with van der Waals surface area (Å²) in [5.74, 6) is 0. The van der Waals surface area contributed by atoms with Crippen LogP contribution in [0.25, 0.3) is 10.4 Å². The summed E-state index contributed by atoms with van der Waals surface area (Å²) < 4.78 is 33.7. The van der Waals surface area contributed by atoms with Crippen LogP contribution in [-0.2, 0) is 14.6 Å². The minimum Gasteiger partial charge on any atom is -0.726 e. The smallest absolute Gasteiger partial charge is 0.488 e. The minimum atomic E-state index is -5.34. The molecule has 0 N–H and O–H groups in total. The highest BCUT2D eigenvalue weighted by Crippen LogP contribution is 2.14. The highest BCUT2D eigenvalue weighted by molar-refractivity contribution is 7.80. The first kappa shape index (κ1) is 15.0. The molecule has 96 valence electrons. The van der Waals surface area contributed by atoms with E-state index in [0.717, 1.165) is 0 Å². The largest absolute Gasteiger partial charge is 0.726 e. The van der Waals surface area contributed by atoms with Crippen LogP contribution >= 0.6 is 0 Å². The van der Waals surface area contributed by atoms with E-state index in [9.17, 15) is 33.2 Å². The second kappa shape index (κ2) is 5.35. The molecular formula is C3H4N5O8S-. The molecule has 0 aliphatic heterocycles. The number of rotatable bonds is 7. The van der Waals surface area contributed by atoms with Crippen molar-refractivity contribution < 1.29 is 27.0 Å². The minimum absolute atomic E-state index is 1.31. The average Bonchev–Trinajstić information content (AvgIpc) is 2.15. The zero-order valence-corrected chi connectivity index (χ0v) is 8.64. The Labute approximate surface area is 92.9 Å². The lowest BCUT2D eigenvalue weighted by atomic mass is 10.2. The fourth-order valence-corrected chi connectivity index (χ4v) is 0.978. The first-order valence-electron chi connectivity index (χ1n) is 3.56. The molecule has 0 aromatic carbocycles. The van der Waals surface area contributed by atoms with Gasteiger partial charge in [0.25, 0.3) is 0 Å². The van der Waals surface area contributed by atoms with Gasteiger partial charge < -0.3 is 4.55 Å². The van der Waals surface area contributed by atoms with Gasteiger partial charge in [-0.1, -0.05) is 5.11 Å². The van der Waals surface area contributed by atoms with E-state index in [1.54, 1.807) is 0 Å². The van der Waals surface area contributed by atoms with E-state index in [0.29, 0.717) is 0 Å². The molecule has 0 aromatic rings. The molecule has 14 heteroatoms. The van der Waals surface area contributed by atoms with Gasteiger partial charge in [0, 0.05) is 4.91 Å². The summed E-state index contributed by atoms with van der Waals surface area (Å²) in [4.78, 5) is 20.0. The van der Waals surface area contributed by atoms with Crippen molar-refractivity contribution in [3.05, 3.63) is 30.7 Å². The number of azide groups is 1. The standard InChI is InChI=1S/C3H5N5O8S/c4-6-5-1-3(7(9)10,8(11)12)2-16-17(13,14)15/h1-2H2,(H,13,14,15)/p-1. The van der Waals surface area contributed by atoms with Crippen LogP contribution in [0.15, 0.2) is 5.11 Å². The lowest BCUT2D eigenvalue weighted by Gasteiger charge is -2.15. The van der Waals surface area contributed by atoms with Crippen molar-refractivity contribution >= 4 is 10.4 Å². The van der Waals surface area contributed by atoms with Crippen molar-refractivity contribution in [1.29, 1.82) is 0 Å². The lowest BCUT2D eigenvalue weighted by Crippen LogP contribution is -2.53. The molecule has 17 heavy (non-hydrogen) atoms. The first-order chi connectivity index (χ1) is 7.65. The van der Waals surface area contributed by atoms with Gasteiger partial charge >= 0.3 is 5.66 Å². The predicted molar refractivity (Wildman–Crippen MR) is 46.4 cm³/mol. The molecule has 0 spiro atoms. The number of hydrogen-bond donors (Lipinski definition) is 0. The quantitative estimate of drug-likeness (QED) is 0.0819. The summed E-state index contributed by atoms with van der Waals surface area (Å²) >= 11 is 0. The highest BCUT2D eigenvalue weighted by Gasteiger charge is 2.56. The third-order valence-electron chi connectivity index (χ3n) is 1.50. The summed E-state index contributed by atoms with van der Waals surface area (Å²) in [6.07, 6.45) is 0. The van der Waals surface area contributed by atoms with E-state index in [2.05, 4.69) is 14.2 Å². The number of hydrogen-bond acceptors (Lipinski definition) is 9. The second-order valence-electron chi connectivity index (χ2n) is 2.56. The second-order valence-corrected chi connectivity index (χ2v) is 3.61. The van der Waals surface area contributed by atoms with Crippen LogP contribution in [-0.4, -0.2) is 41.6 Å². The summed E-state index contributed by atoms with van der Waals surface area (Å²) in [6.45, 7) is -2.98. The predicted octanol–water partition coefficient (Wildman–Crippen LogP) is -0.977. The van der Waals surface area contributed by atoms with Gasteiger partial charge in [0.1, 0.15) is 9.85 Å². The van der Waals surface area contributed by atoms with Crippen LogP contribution < -0.4 is 0 Å². The average molecular weight is 270 g/mol. The molecule has 0 heterocycles. The molecule has 0 aromatic heterocycles. The third kappa shape index (κ3) is 4.15. The van der Waals surface area contributed by atoms with E-state index in [1.165, 1.54) is 0 Å². The van der Waals surface area contributed by atoms with E-state index in [-0.39, 0.29) is 0 Å². The Kier molecular flexibility index (Phi) is 4.72. The van der Waals surface area contributed by atoms with Gasteiger partial charge in [0.15, 0.2) is 6.54 Å². The number of nitro groups is 2. The first-order valence-corrected chi connectivity index (χ1v) is 4.89. The highest BCUT2D eigenvalue weighted by atomic mass is 32.3. The summed E-state index contributed by atoms with van der Waals surface area (Å²) in [7, 11) is -5.34. The molecule has 0 atom stereocenters. The van der Waals surface area contributed by atoms with Crippen LogP contribution in [0.2, 0.25) is 0 Å². The Bertz CT molecular complexity index is 450. The van der Waals surface area contributed by atoms with Gasteiger partial charge in [-0.15, -0.1) is 0 Å². The van der Waals surface area contributed by atoms with Crippen molar-refractivity contribution in [2.45, 2.75) is 5.66 Å². The molecule has 0 aliphatic rings. The Morgan fingerprint density at radius 1 is 1.35 bits per heavy atom. The summed E-state index contributed by atoms with van der Waals surface area (Å²) in [5, 5.41) is 23.6. The van der Waals surface area contributed by atoms with E-state index in [4.69, 9.17) is 5.53 Å². The number of nitrogens with zero attached hydrogens (tertiary/aromatic N) is 5. The van der Waals surface area contributed by atoms with Gasteiger partial charge in [-0.2, -0.15) is 0 Å². The zero-order chi connectivity index (χ0) is 13.7. The van der Waals surface area contributed by atoms with Crippen molar-refractivity contribution in [3.63, 3.8) is 0 Å². The Morgan fingerprint density at radius 2 is 1.82 bits per heavy atom. The van der Waals surface area contributed by atoms with Gasteiger partial charge in [0.05, 0.1) is 0 Å². The van der Waals surface area contributed by atoms with Crippen LogP contribution in [0.3, 0.4) is 0 Å². The molecule has 0 bridgehead atoms. The fraction of sp³-hybridized carbons (Fsp3) is 1.00. The van der Waals surface area contributed by atoms with Crippen LogP contribution in [0, 0.1) is 20.2 Å². The molecule has 0 saturated heterocycles. The van der Waals surface area contributed by atoms with Gasteiger partial charge in [-0.05, 0) is 5.53 Å². The third-order valence-corrected chi connectivity index (χ3v) is 1.91. The zero-order valence-electron chi connectivity index (χ0n) is 7.82. The molecule has 0 unspecified atom stereocenters. The molecule has 0 radical (unpaired) electrons. The van der Waals surface area contributed by atoms with Gasteiger partial charge in [0.2, 0.25) is 17.0 Å². The topological polar surface area (TPSA) is 201 Å². The van der Waals surface area contributed by atoms with Crippen LogP contribution in [0.5, 0.6) is 0 Å². The fourth-order valence-electron chi connectivity index (χ4n) is 0.645.